The molecule has 0 radical (unpaired) electrons. The molecular weight excluding hydrogens is 463 g/mol. The molecule has 2 aromatic rings. The van der Waals surface area contributed by atoms with Gasteiger partial charge < -0.3 is 15.1 Å². The van der Waals surface area contributed by atoms with Crippen LogP contribution in [0.25, 0.3) is 11.1 Å². The second-order valence-corrected chi connectivity index (χ2v) is 11.1. The second kappa shape index (κ2) is 10.2. The molecule has 6 nitrogen and oxygen atoms in total. The Bertz CT molecular complexity index is 1150. The number of carbonyl (C=O) groups is 2. The van der Waals surface area contributed by atoms with Crippen molar-refractivity contribution >= 4 is 23.0 Å². The van der Waals surface area contributed by atoms with Gasteiger partial charge in [0.05, 0.1) is 22.9 Å². The van der Waals surface area contributed by atoms with Crippen LogP contribution < -0.4 is 5.32 Å². The van der Waals surface area contributed by atoms with E-state index in [1.807, 2.05) is 22.4 Å². The van der Waals surface area contributed by atoms with Gasteiger partial charge in [0, 0.05) is 38.6 Å². The SMILES string of the molecule is CN1CCN(C(=O)c2cc(-c3ccc(C[C@@H](C#N)CC(=O)[C@H]4N[C@@H]5CC[C@H]4C5)c(F)c3)cs2)CC1. The molecule has 3 heterocycles. The Morgan fingerprint density at radius 2 is 2.00 bits per heavy atom. The molecule has 2 bridgehead atoms. The molecule has 35 heavy (non-hydrogen) atoms. The summed E-state index contributed by atoms with van der Waals surface area (Å²) in [7, 11) is 2.05. The predicted molar refractivity (Wildman–Crippen MR) is 134 cm³/mol. The molecule has 1 aromatic carbocycles. The largest absolute Gasteiger partial charge is 0.335 e. The van der Waals surface area contributed by atoms with Crippen molar-refractivity contribution < 1.29 is 14.0 Å². The van der Waals surface area contributed by atoms with Gasteiger partial charge >= 0.3 is 0 Å². The molecule has 1 aliphatic carbocycles. The fourth-order valence-electron chi connectivity index (χ4n) is 5.67. The molecule has 4 atom stereocenters. The minimum Gasteiger partial charge on any atom is -0.335 e. The van der Waals surface area contributed by atoms with Crippen LogP contribution in [-0.4, -0.2) is 66.8 Å². The molecule has 5 rings (SSSR count). The summed E-state index contributed by atoms with van der Waals surface area (Å²) >= 11 is 1.38. The highest BCUT2D eigenvalue weighted by Gasteiger charge is 2.42. The summed E-state index contributed by atoms with van der Waals surface area (Å²) in [5.74, 6) is -0.430. The van der Waals surface area contributed by atoms with E-state index in [0.717, 1.165) is 37.9 Å². The number of Topliss-reactive ketones (excluding diaryl/α,β-unsaturated/α-hetero) is 1. The van der Waals surface area contributed by atoms with Crippen LogP contribution in [0.1, 0.15) is 40.9 Å². The van der Waals surface area contributed by atoms with E-state index in [0.29, 0.717) is 41.1 Å². The van der Waals surface area contributed by atoms with E-state index in [-0.39, 0.29) is 36.4 Å². The van der Waals surface area contributed by atoms with Crippen LogP contribution in [-0.2, 0) is 11.2 Å². The van der Waals surface area contributed by atoms with Crippen LogP contribution in [0.4, 0.5) is 4.39 Å². The number of fused-ring (bicyclic) bond motifs is 2. The molecule has 2 saturated heterocycles. The number of hydrogen-bond acceptors (Lipinski definition) is 6. The number of amides is 1. The van der Waals surface area contributed by atoms with E-state index in [2.05, 4.69) is 23.3 Å². The molecular formula is C27H31FN4O2S. The Morgan fingerprint density at radius 3 is 2.66 bits per heavy atom. The van der Waals surface area contributed by atoms with Crippen molar-refractivity contribution in [1.82, 2.24) is 15.1 Å². The summed E-state index contributed by atoms with van der Waals surface area (Å²) in [5, 5.41) is 14.9. The van der Waals surface area contributed by atoms with Crippen molar-refractivity contribution in [2.45, 2.75) is 44.2 Å². The molecule has 0 unspecified atom stereocenters. The Labute approximate surface area is 209 Å². The Hall–Kier alpha value is -2.60. The maximum Gasteiger partial charge on any atom is 0.264 e. The number of piperidine rings is 1. The van der Waals surface area contributed by atoms with Gasteiger partial charge in [-0.05, 0) is 72.9 Å². The first-order valence-electron chi connectivity index (χ1n) is 12.4. The zero-order chi connectivity index (χ0) is 24.5. The maximum absolute atomic E-state index is 15.0. The third kappa shape index (κ3) is 5.18. The molecule has 1 saturated carbocycles. The number of thiophene rings is 1. The van der Waals surface area contributed by atoms with Crippen LogP contribution in [0.5, 0.6) is 0 Å². The third-order valence-electron chi connectivity index (χ3n) is 7.79. The van der Waals surface area contributed by atoms with Gasteiger partial charge in [-0.2, -0.15) is 5.26 Å². The van der Waals surface area contributed by atoms with Gasteiger partial charge in [-0.25, -0.2) is 4.39 Å². The van der Waals surface area contributed by atoms with Crippen LogP contribution in [0.15, 0.2) is 29.6 Å². The van der Waals surface area contributed by atoms with Crippen molar-refractivity contribution in [2.75, 3.05) is 33.2 Å². The average Bonchev–Trinajstić information content (AvgIpc) is 3.62. The predicted octanol–water partition coefficient (Wildman–Crippen LogP) is 3.72. The fraction of sp³-hybridized carbons (Fsp3) is 0.519. The number of rotatable bonds is 7. The van der Waals surface area contributed by atoms with E-state index >= 15 is 4.39 Å². The number of piperazine rings is 1. The minimum atomic E-state index is -0.544. The first-order chi connectivity index (χ1) is 16.9. The van der Waals surface area contributed by atoms with Gasteiger partial charge in [-0.15, -0.1) is 11.3 Å². The number of ketones is 1. The van der Waals surface area contributed by atoms with Crippen LogP contribution in [0.3, 0.4) is 0 Å². The van der Waals surface area contributed by atoms with E-state index < -0.39 is 5.92 Å². The lowest BCUT2D eigenvalue weighted by molar-refractivity contribution is -0.122. The number of likely N-dealkylation sites (N-methyl/N-ethyl adjacent to an activating group) is 1. The van der Waals surface area contributed by atoms with Gasteiger partial charge in [0.15, 0.2) is 5.78 Å². The Kier molecular flexibility index (Phi) is 7.01. The number of halogens is 1. The maximum atomic E-state index is 15.0. The number of carbonyl (C=O) groups excluding carboxylic acids is 2. The van der Waals surface area contributed by atoms with Crippen molar-refractivity contribution in [3.63, 3.8) is 0 Å². The van der Waals surface area contributed by atoms with Gasteiger partial charge in [-0.3, -0.25) is 9.59 Å². The standard InChI is InChI=1S/C27H31FN4O2S/c1-31-6-8-32(9-7-31)27(34)25-14-21(16-35-25)18-2-3-19(23(28)13-18)10-17(15-29)11-24(33)26-20-4-5-22(12-20)30-26/h2-3,13-14,16-17,20,22,26,30H,4-12H2,1H3/t17-,20+,22-,26+/m1/s1. The Balaban J connectivity index is 1.22. The minimum absolute atomic E-state index is 0.0259. The van der Waals surface area contributed by atoms with Crippen molar-refractivity contribution in [3.05, 3.63) is 45.9 Å². The molecule has 3 fully saturated rings. The Morgan fingerprint density at radius 1 is 1.20 bits per heavy atom. The van der Waals surface area contributed by atoms with Crippen LogP contribution in [0, 0.1) is 29.0 Å². The fourth-order valence-corrected chi connectivity index (χ4v) is 6.56. The zero-order valence-corrected chi connectivity index (χ0v) is 20.8. The van der Waals surface area contributed by atoms with Crippen LogP contribution in [0.2, 0.25) is 0 Å². The van der Waals surface area contributed by atoms with E-state index in [4.69, 9.17) is 0 Å². The number of nitriles is 1. The van der Waals surface area contributed by atoms with Gasteiger partial charge in [0.25, 0.3) is 5.91 Å². The summed E-state index contributed by atoms with van der Waals surface area (Å²) in [6.45, 7) is 3.16. The molecule has 184 valence electrons. The summed E-state index contributed by atoms with van der Waals surface area (Å²) < 4.78 is 15.0. The first kappa shape index (κ1) is 24.1. The molecule has 2 aliphatic heterocycles. The monoisotopic (exact) mass is 494 g/mol. The third-order valence-corrected chi connectivity index (χ3v) is 8.71. The molecule has 0 spiro atoms. The normalized spacial score (nSPS) is 24.9. The van der Waals surface area contributed by atoms with Gasteiger partial charge in [0.1, 0.15) is 5.82 Å². The number of nitrogens with one attached hydrogen (secondary N) is 1. The average molecular weight is 495 g/mol. The van der Waals surface area contributed by atoms with Crippen molar-refractivity contribution in [2.24, 2.45) is 11.8 Å². The highest BCUT2D eigenvalue weighted by atomic mass is 32.1. The van der Waals surface area contributed by atoms with Gasteiger partial charge in [-0.1, -0.05) is 12.1 Å². The highest BCUT2D eigenvalue weighted by Crippen LogP contribution is 2.36. The molecule has 3 aliphatic rings. The van der Waals surface area contributed by atoms with Crippen LogP contribution >= 0.6 is 11.3 Å². The first-order valence-corrected chi connectivity index (χ1v) is 13.3. The molecule has 1 aromatic heterocycles. The molecule has 8 heteroatoms. The topological polar surface area (TPSA) is 76.4 Å². The number of nitrogens with zero attached hydrogens (tertiary/aromatic N) is 3. The smallest absolute Gasteiger partial charge is 0.264 e. The molecule has 1 N–H and O–H groups in total. The van der Waals surface area contributed by atoms with E-state index in [1.54, 1.807) is 6.07 Å². The summed E-state index contributed by atoms with van der Waals surface area (Å²) in [6, 6.07) is 9.35. The summed E-state index contributed by atoms with van der Waals surface area (Å²) in [6.07, 6.45) is 3.62. The van der Waals surface area contributed by atoms with E-state index in [9.17, 15) is 14.9 Å². The van der Waals surface area contributed by atoms with Crippen molar-refractivity contribution in [3.8, 4) is 17.2 Å². The van der Waals surface area contributed by atoms with E-state index in [1.165, 1.54) is 17.4 Å². The highest BCUT2D eigenvalue weighted by molar-refractivity contribution is 7.12. The summed E-state index contributed by atoms with van der Waals surface area (Å²) in [4.78, 5) is 30.3. The lowest BCUT2D eigenvalue weighted by atomic mass is 9.88. The lowest BCUT2D eigenvalue weighted by Gasteiger charge is -2.32. The van der Waals surface area contributed by atoms with Crippen molar-refractivity contribution in [1.29, 1.82) is 5.26 Å². The lowest BCUT2D eigenvalue weighted by Crippen LogP contribution is -2.46. The number of benzene rings is 1. The quantitative estimate of drug-likeness (QED) is 0.635. The second-order valence-electron chi connectivity index (χ2n) is 10.2. The number of hydrogen-bond donors (Lipinski definition) is 1. The van der Waals surface area contributed by atoms with Gasteiger partial charge in [0.2, 0.25) is 0 Å². The molecule has 1 amide bonds. The zero-order valence-electron chi connectivity index (χ0n) is 20.0. The summed E-state index contributed by atoms with van der Waals surface area (Å²) in [5.41, 5.74) is 1.96.